The summed E-state index contributed by atoms with van der Waals surface area (Å²) in [6, 6.07) is 30.1. The summed E-state index contributed by atoms with van der Waals surface area (Å²) < 4.78 is 34.8. The summed E-state index contributed by atoms with van der Waals surface area (Å²) in [4.78, 5) is 0. The molecule has 0 unspecified atom stereocenters. The lowest BCUT2D eigenvalue weighted by Crippen LogP contribution is -2.29. The van der Waals surface area contributed by atoms with Crippen LogP contribution in [0.15, 0.2) is 127 Å². The number of hydrogen-bond donors (Lipinski definition) is 4. The Morgan fingerprint density at radius 1 is 0.635 bits per heavy atom. The van der Waals surface area contributed by atoms with E-state index < -0.39 is 12.9 Å². The molecule has 0 saturated heterocycles. The van der Waals surface area contributed by atoms with Gasteiger partial charge in [0.25, 0.3) is 0 Å². The lowest BCUT2D eigenvalue weighted by Gasteiger charge is -2.08. The number of hydrogen-bond acceptors (Lipinski definition) is 5. The first-order valence-corrected chi connectivity index (χ1v) is 18.9. The largest absolute Gasteiger partial charge is 0.508 e. The molecule has 0 saturated carbocycles. The molecule has 1 heterocycles. The van der Waals surface area contributed by atoms with Gasteiger partial charge in [-0.25, -0.2) is 8.78 Å². The fourth-order valence-electron chi connectivity index (χ4n) is 4.44. The van der Waals surface area contributed by atoms with E-state index in [1.165, 1.54) is 30.3 Å². The number of halogens is 9. The molecule has 0 spiro atoms. The zero-order chi connectivity index (χ0) is 37.4. The summed E-state index contributed by atoms with van der Waals surface area (Å²) in [5, 5.41) is 39.7. The van der Waals surface area contributed by atoms with Crippen molar-refractivity contribution in [1.29, 1.82) is 0 Å². The van der Waals surface area contributed by atoms with Gasteiger partial charge in [0.2, 0.25) is 0 Å². The van der Waals surface area contributed by atoms with E-state index in [4.69, 9.17) is 54.4 Å². The van der Waals surface area contributed by atoms with Crippen molar-refractivity contribution in [2.24, 2.45) is 0 Å². The maximum absolute atomic E-state index is 13.6. The number of phenols is 2. The zero-order valence-electron chi connectivity index (χ0n) is 25.6. The lowest BCUT2D eigenvalue weighted by atomic mass is 9.80. The normalized spacial score (nSPS) is 10.2. The zero-order valence-corrected chi connectivity index (χ0v) is 34.8. The third kappa shape index (κ3) is 11.6. The molecule has 0 radical (unpaired) electrons. The van der Waals surface area contributed by atoms with Gasteiger partial charge in [-0.05, 0) is 117 Å². The summed E-state index contributed by atoms with van der Waals surface area (Å²) in [6.45, 7) is 0. The maximum Gasteiger partial charge on any atom is 0.492 e. The van der Waals surface area contributed by atoms with Crippen LogP contribution in [0.1, 0.15) is 7.43 Å². The number of rotatable bonds is 2. The summed E-state index contributed by atoms with van der Waals surface area (Å²) in [5.41, 5.74) is 2.49. The minimum atomic E-state index is -1.66. The smallest absolute Gasteiger partial charge is 0.492 e. The highest BCUT2D eigenvalue weighted by Crippen LogP contribution is 2.38. The van der Waals surface area contributed by atoms with E-state index in [1.807, 2.05) is 59.0 Å². The highest BCUT2D eigenvalue weighted by Gasteiger charge is 2.15. The minimum absolute atomic E-state index is 0. The molecular formula is C37H26BBr3Cl3F2IO5. The molecule has 0 atom stereocenters. The summed E-state index contributed by atoms with van der Waals surface area (Å²) in [7, 11) is -1.66. The van der Waals surface area contributed by atoms with Crippen LogP contribution in [0.3, 0.4) is 0 Å². The highest BCUT2D eigenvalue weighted by molar-refractivity contribution is 14.1. The van der Waals surface area contributed by atoms with Crippen LogP contribution in [0.5, 0.6) is 11.5 Å². The molecule has 6 aromatic carbocycles. The van der Waals surface area contributed by atoms with Crippen LogP contribution in [0, 0.1) is 15.2 Å². The van der Waals surface area contributed by atoms with Crippen molar-refractivity contribution >= 4 is 140 Å². The molecule has 0 fully saturated rings. The van der Waals surface area contributed by atoms with Crippen molar-refractivity contribution in [1.82, 2.24) is 0 Å². The van der Waals surface area contributed by atoms with Gasteiger partial charge in [-0.2, -0.15) is 0 Å². The Bertz CT molecular complexity index is 2270. The second kappa shape index (κ2) is 20.3. The van der Waals surface area contributed by atoms with Gasteiger partial charge in [0.15, 0.2) is 5.82 Å². The molecule has 15 heteroatoms. The van der Waals surface area contributed by atoms with Gasteiger partial charge in [0, 0.05) is 61.0 Å². The average Bonchev–Trinajstić information content (AvgIpc) is 3.44. The van der Waals surface area contributed by atoms with Gasteiger partial charge < -0.3 is 24.7 Å². The molecule has 52 heavy (non-hydrogen) atoms. The first-order valence-electron chi connectivity index (χ1n) is 14.3. The SMILES string of the molecule is C.Clc1ccc2c(c1)oc1cccc(Br)c12.Fc1c(Br)cccc1I.OB(O)c1ccc(Cl)cc1O.Oc1cc(Cl)ccc1-c1c(F)cccc1Br. The number of fused-ring (bicyclic) bond motifs is 3. The van der Waals surface area contributed by atoms with Crippen molar-refractivity contribution < 1.29 is 33.5 Å². The Hall–Kier alpha value is -2.40. The lowest BCUT2D eigenvalue weighted by molar-refractivity contribution is 0.419. The van der Waals surface area contributed by atoms with E-state index >= 15 is 0 Å². The molecule has 0 aliphatic rings. The number of aromatic hydroxyl groups is 2. The first-order chi connectivity index (χ1) is 24.2. The topological polar surface area (TPSA) is 94.1 Å². The third-order valence-electron chi connectivity index (χ3n) is 6.78. The summed E-state index contributed by atoms with van der Waals surface area (Å²) >= 11 is 28.9. The van der Waals surface area contributed by atoms with E-state index in [0.717, 1.165) is 26.4 Å². The van der Waals surface area contributed by atoms with Crippen molar-refractivity contribution in [3.8, 4) is 22.6 Å². The fraction of sp³-hybridized carbons (Fsp3) is 0.0270. The molecule has 0 bridgehead atoms. The maximum atomic E-state index is 13.6. The fourth-order valence-corrected chi connectivity index (χ4v) is 7.29. The van der Waals surface area contributed by atoms with E-state index in [9.17, 15) is 13.9 Å². The van der Waals surface area contributed by atoms with Gasteiger partial charge in [0.1, 0.15) is 28.5 Å². The Balaban J connectivity index is 0.000000190. The van der Waals surface area contributed by atoms with Crippen molar-refractivity contribution in [2.75, 3.05) is 0 Å². The molecule has 7 rings (SSSR count). The Labute approximate surface area is 352 Å². The second-order valence-electron chi connectivity index (χ2n) is 10.2. The molecular weight excluding hydrogens is 1050 g/mol. The molecule has 1 aromatic heterocycles. The Morgan fingerprint density at radius 3 is 1.79 bits per heavy atom. The van der Waals surface area contributed by atoms with E-state index in [2.05, 4.69) is 47.8 Å². The molecule has 0 aliphatic heterocycles. The van der Waals surface area contributed by atoms with Crippen molar-refractivity contribution in [2.45, 2.75) is 7.43 Å². The number of benzene rings is 6. The van der Waals surface area contributed by atoms with Crippen LogP contribution in [-0.4, -0.2) is 27.4 Å². The second-order valence-corrected chi connectivity index (χ2v) is 15.3. The van der Waals surface area contributed by atoms with Crippen LogP contribution >= 0.6 is 105 Å². The first kappa shape index (κ1) is 44.0. The number of furan rings is 1. The summed E-state index contributed by atoms with van der Waals surface area (Å²) in [6.07, 6.45) is 0. The van der Waals surface area contributed by atoms with Crippen LogP contribution in [0.2, 0.25) is 15.1 Å². The predicted molar refractivity (Wildman–Crippen MR) is 229 cm³/mol. The molecule has 270 valence electrons. The van der Waals surface area contributed by atoms with Crippen LogP contribution in [-0.2, 0) is 0 Å². The minimum Gasteiger partial charge on any atom is -0.508 e. The van der Waals surface area contributed by atoms with Crippen molar-refractivity contribution in [3.63, 3.8) is 0 Å². The predicted octanol–water partition coefficient (Wildman–Crippen LogP) is 13.2. The molecule has 7 aromatic rings. The Morgan fingerprint density at radius 2 is 1.19 bits per heavy atom. The van der Waals surface area contributed by atoms with Crippen LogP contribution in [0.4, 0.5) is 8.78 Å². The van der Waals surface area contributed by atoms with Gasteiger partial charge in [-0.1, -0.05) is 98.4 Å². The average molecular weight is 1070 g/mol. The van der Waals surface area contributed by atoms with Crippen molar-refractivity contribution in [3.05, 3.63) is 153 Å². The van der Waals surface area contributed by atoms with Crippen LogP contribution in [0.25, 0.3) is 33.1 Å². The van der Waals surface area contributed by atoms with E-state index in [-0.39, 0.29) is 30.2 Å². The standard InChI is InChI=1S/C12H7BrClFO.C12H6BrClO.C6H6BClO3.C6H3BrFI.CH4/c13-9-2-1-3-10(15)12(9)8-5-4-7(14)6-11(8)16;13-9-2-1-3-10-12(9)8-5-4-7(14)6-11(8)15-10;8-4-1-2-5(7(10)11)6(9)3-4;7-4-2-1-3-5(9)6(4)8;/h1-6,16H;1-6H;1-3,9-11H;1-3H;1H4. The van der Waals surface area contributed by atoms with Gasteiger partial charge in [-0.3, -0.25) is 0 Å². The van der Waals surface area contributed by atoms with Gasteiger partial charge >= 0.3 is 7.12 Å². The monoisotopic (exact) mass is 1070 g/mol. The van der Waals surface area contributed by atoms with Gasteiger partial charge in [-0.15, -0.1) is 0 Å². The van der Waals surface area contributed by atoms with E-state index in [1.54, 1.807) is 42.5 Å². The van der Waals surface area contributed by atoms with E-state index in [0.29, 0.717) is 38.7 Å². The Kier molecular flexibility index (Phi) is 17.2. The number of phenolic OH excluding ortho intramolecular Hbond substituents is 2. The highest BCUT2D eigenvalue weighted by atomic mass is 127. The molecule has 5 nitrogen and oxygen atoms in total. The molecule has 0 aliphatic carbocycles. The van der Waals surface area contributed by atoms with Crippen LogP contribution < -0.4 is 5.46 Å². The molecule has 0 amide bonds. The quantitative estimate of drug-likeness (QED) is 0.0786. The summed E-state index contributed by atoms with van der Waals surface area (Å²) in [5.74, 6) is -0.837. The third-order valence-corrected chi connectivity index (χ3v) is 10.2. The van der Waals surface area contributed by atoms with Gasteiger partial charge in [0.05, 0.1) is 4.47 Å². The molecule has 4 N–H and O–H groups in total.